The molecule has 5 rings (SSSR count). The number of amides is 1. The second-order valence-electron chi connectivity index (χ2n) is 7.20. The standard InChI is InChI=1S/C16H22N4O/c17-20-14-13(2-1-3-18-14)15(21)19-16-7-10-4-11(8-16)6-12(5-10)9-16/h1-3,10-12H,4-9,17H2,(H,18,20)(H,19,21). The van der Waals surface area contributed by atoms with Gasteiger partial charge in [-0.25, -0.2) is 10.8 Å². The van der Waals surface area contributed by atoms with Crippen molar-refractivity contribution in [1.82, 2.24) is 10.3 Å². The van der Waals surface area contributed by atoms with Gasteiger partial charge in [0.25, 0.3) is 5.91 Å². The van der Waals surface area contributed by atoms with Crippen molar-refractivity contribution >= 4 is 11.7 Å². The van der Waals surface area contributed by atoms with Crippen molar-refractivity contribution in [3.05, 3.63) is 23.9 Å². The first-order chi connectivity index (χ1) is 10.2. The van der Waals surface area contributed by atoms with E-state index in [4.69, 9.17) is 5.84 Å². The molecule has 0 aromatic carbocycles. The SMILES string of the molecule is NNc1ncccc1C(=O)NC12CC3CC(CC(C3)C1)C2. The van der Waals surface area contributed by atoms with Gasteiger partial charge in [-0.1, -0.05) is 0 Å². The molecule has 1 aromatic heterocycles. The molecule has 112 valence electrons. The van der Waals surface area contributed by atoms with Gasteiger partial charge >= 0.3 is 0 Å². The number of pyridine rings is 1. The van der Waals surface area contributed by atoms with Crippen molar-refractivity contribution in [2.45, 2.75) is 44.1 Å². The van der Waals surface area contributed by atoms with Crippen LogP contribution in [-0.2, 0) is 0 Å². The number of nitrogen functional groups attached to an aromatic ring is 1. The molecule has 4 aliphatic carbocycles. The Kier molecular flexibility index (Phi) is 2.92. The lowest BCUT2D eigenvalue weighted by molar-refractivity contribution is -0.0166. The highest BCUT2D eigenvalue weighted by Crippen LogP contribution is 2.55. The van der Waals surface area contributed by atoms with E-state index in [-0.39, 0.29) is 11.4 Å². The lowest BCUT2D eigenvalue weighted by Gasteiger charge is -2.56. The molecule has 0 radical (unpaired) electrons. The summed E-state index contributed by atoms with van der Waals surface area (Å²) in [6, 6.07) is 3.55. The van der Waals surface area contributed by atoms with Gasteiger partial charge in [-0.3, -0.25) is 4.79 Å². The smallest absolute Gasteiger partial charge is 0.255 e. The van der Waals surface area contributed by atoms with E-state index in [0.29, 0.717) is 11.4 Å². The molecule has 0 aliphatic heterocycles. The quantitative estimate of drug-likeness (QED) is 0.587. The number of hydrogen-bond acceptors (Lipinski definition) is 4. The van der Waals surface area contributed by atoms with E-state index in [9.17, 15) is 4.79 Å². The highest BCUT2D eigenvalue weighted by molar-refractivity contribution is 5.99. The minimum Gasteiger partial charge on any atom is -0.346 e. The number of aromatic nitrogens is 1. The van der Waals surface area contributed by atoms with Gasteiger partial charge in [-0.15, -0.1) is 0 Å². The largest absolute Gasteiger partial charge is 0.346 e. The van der Waals surface area contributed by atoms with E-state index in [1.807, 2.05) is 0 Å². The molecular formula is C16H22N4O. The zero-order valence-corrected chi connectivity index (χ0v) is 12.1. The monoisotopic (exact) mass is 286 g/mol. The summed E-state index contributed by atoms with van der Waals surface area (Å²) in [5.41, 5.74) is 3.07. The van der Waals surface area contributed by atoms with Gasteiger partial charge in [-0.2, -0.15) is 0 Å². The predicted octanol–water partition coefficient (Wildman–Crippen LogP) is 2.07. The number of nitrogens with two attached hydrogens (primary N) is 1. The number of hydrogen-bond donors (Lipinski definition) is 3. The van der Waals surface area contributed by atoms with Crippen molar-refractivity contribution in [2.24, 2.45) is 23.6 Å². The van der Waals surface area contributed by atoms with Crippen LogP contribution in [0.3, 0.4) is 0 Å². The average molecular weight is 286 g/mol. The van der Waals surface area contributed by atoms with Crippen LogP contribution < -0.4 is 16.6 Å². The fourth-order valence-corrected chi connectivity index (χ4v) is 5.28. The Morgan fingerprint density at radius 1 is 1.19 bits per heavy atom. The average Bonchev–Trinajstić information content (AvgIpc) is 2.45. The Hall–Kier alpha value is -1.62. The molecule has 21 heavy (non-hydrogen) atoms. The summed E-state index contributed by atoms with van der Waals surface area (Å²) >= 11 is 0. The maximum absolute atomic E-state index is 12.7. The molecule has 0 saturated heterocycles. The number of nitrogens with one attached hydrogen (secondary N) is 2. The van der Waals surface area contributed by atoms with Crippen LogP contribution in [0.5, 0.6) is 0 Å². The summed E-state index contributed by atoms with van der Waals surface area (Å²) in [6.07, 6.45) is 9.20. The molecule has 5 heteroatoms. The van der Waals surface area contributed by atoms with Crippen LogP contribution in [0.4, 0.5) is 5.82 Å². The fourth-order valence-electron chi connectivity index (χ4n) is 5.28. The van der Waals surface area contributed by atoms with Gasteiger partial charge in [0.2, 0.25) is 0 Å². The Morgan fingerprint density at radius 3 is 2.38 bits per heavy atom. The number of nitrogens with zero attached hydrogens (tertiary/aromatic N) is 1. The molecule has 1 heterocycles. The number of anilines is 1. The topological polar surface area (TPSA) is 80.0 Å². The second kappa shape index (κ2) is 4.70. The normalized spacial score (nSPS) is 36.5. The molecule has 5 nitrogen and oxygen atoms in total. The number of hydrazine groups is 1. The van der Waals surface area contributed by atoms with E-state index in [2.05, 4.69) is 15.7 Å². The van der Waals surface area contributed by atoms with E-state index >= 15 is 0 Å². The van der Waals surface area contributed by atoms with Crippen LogP contribution in [-0.4, -0.2) is 16.4 Å². The van der Waals surface area contributed by atoms with Crippen LogP contribution in [0, 0.1) is 17.8 Å². The van der Waals surface area contributed by atoms with Crippen molar-refractivity contribution in [3.63, 3.8) is 0 Å². The van der Waals surface area contributed by atoms with Crippen LogP contribution >= 0.6 is 0 Å². The predicted molar refractivity (Wildman–Crippen MR) is 80.4 cm³/mol. The maximum Gasteiger partial charge on any atom is 0.255 e. The molecular weight excluding hydrogens is 264 g/mol. The van der Waals surface area contributed by atoms with Gasteiger partial charge in [0.05, 0.1) is 5.56 Å². The highest BCUT2D eigenvalue weighted by atomic mass is 16.1. The molecule has 4 N–H and O–H groups in total. The number of carbonyl (C=O) groups excluding carboxylic acids is 1. The first-order valence-electron chi connectivity index (χ1n) is 7.91. The Morgan fingerprint density at radius 2 is 1.81 bits per heavy atom. The van der Waals surface area contributed by atoms with E-state index in [1.165, 1.54) is 19.3 Å². The number of rotatable bonds is 3. The Bertz CT molecular complexity index is 536. The summed E-state index contributed by atoms with van der Waals surface area (Å²) in [4.78, 5) is 16.8. The van der Waals surface area contributed by atoms with Gasteiger partial charge in [-0.05, 0) is 68.4 Å². The third-order valence-electron chi connectivity index (χ3n) is 5.61. The van der Waals surface area contributed by atoms with E-state index in [0.717, 1.165) is 37.0 Å². The van der Waals surface area contributed by atoms with Gasteiger partial charge in [0, 0.05) is 11.7 Å². The van der Waals surface area contributed by atoms with Crippen LogP contribution in [0.25, 0.3) is 0 Å². The van der Waals surface area contributed by atoms with Crippen LogP contribution in [0.15, 0.2) is 18.3 Å². The van der Waals surface area contributed by atoms with E-state index in [1.54, 1.807) is 18.3 Å². The lowest BCUT2D eigenvalue weighted by Crippen LogP contribution is -2.59. The highest BCUT2D eigenvalue weighted by Gasteiger charge is 2.51. The van der Waals surface area contributed by atoms with Gasteiger partial charge in [0.1, 0.15) is 0 Å². The molecule has 4 saturated carbocycles. The summed E-state index contributed by atoms with van der Waals surface area (Å²) < 4.78 is 0. The molecule has 0 unspecified atom stereocenters. The molecule has 4 fully saturated rings. The third-order valence-corrected chi connectivity index (χ3v) is 5.61. The summed E-state index contributed by atoms with van der Waals surface area (Å²) in [5.74, 6) is 8.31. The van der Waals surface area contributed by atoms with Crippen molar-refractivity contribution in [2.75, 3.05) is 5.43 Å². The van der Waals surface area contributed by atoms with Crippen molar-refractivity contribution in [3.8, 4) is 0 Å². The first-order valence-corrected chi connectivity index (χ1v) is 7.91. The van der Waals surface area contributed by atoms with E-state index < -0.39 is 0 Å². The maximum atomic E-state index is 12.7. The van der Waals surface area contributed by atoms with Crippen molar-refractivity contribution in [1.29, 1.82) is 0 Å². The van der Waals surface area contributed by atoms with Crippen LogP contribution in [0.2, 0.25) is 0 Å². The fraction of sp³-hybridized carbons (Fsp3) is 0.625. The lowest BCUT2D eigenvalue weighted by atomic mass is 9.53. The Balaban J connectivity index is 1.57. The molecule has 1 aromatic rings. The van der Waals surface area contributed by atoms with Crippen molar-refractivity contribution < 1.29 is 4.79 Å². The second-order valence-corrected chi connectivity index (χ2v) is 7.20. The summed E-state index contributed by atoms with van der Waals surface area (Å²) in [6.45, 7) is 0. The van der Waals surface area contributed by atoms with Gasteiger partial charge in [0.15, 0.2) is 5.82 Å². The molecule has 4 aliphatic rings. The number of carbonyl (C=O) groups is 1. The van der Waals surface area contributed by atoms with Gasteiger partial charge < -0.3 is 10.7 Å². The summed E-state index contributed by atoms with van der Waals surface area (Å²) in [7, 11) is 0. The Labute approximate surface area is 124 Å². The third kappa shape index (κ3) is 2.20. The zero-order valence-electron chi connectivity index (χ0n) is 12.1. The molecule has 0 spiro atoms. The molecule has 0 atom stereocenters. The minimum absolute atomic E-state index is 0.0214. The van der Waals surface area contributed by atoms with Crippen LogP contribution in [0.1, 0.15) is 48.9 Å². The molecule has 4 bridgehead atoms. The summed E-state index contributed by atoms with van der Waals surface area (Å²) in [5, 5.41) is 3.34. The zero-order chi connectivity index (χ0) is 14.4. The first kappa shape index (κ1) is 13.1. The molecule has 1 amide bonds. The minimum atomic E-state index is -0.0435.